The van der Waals surface area contributed by atoms with Crippen molar-refractivity contribution < 1.29 is 0 Å². The SMILES string of the molecule is CCCCCCCCCCCCCCCCCCCCCCC[CH]S. The lowest BCUT2D eigenvalue weighted by Gasteiger charge is -2.04. The van der Waals surface area contributed by atoms with Crippen molar-refractivity contribution in [1.82, 2.24) is 0 Å². The maximum atomic E-state index is 4.14. The van der Waals surface area contributed by atoms with Crippen molar-refractivity contribution in [1.29, 1.82) is 0 Å². The standard InChI is InChI=1S/C24H49S/c1-2-3-4-5-6-7-8-9-10-11-12-13-14-15-16-17-18-19-20-21-22-23-24-25/h24-25H,2-23H2,1H3. The van der Waals surface area contributed by atoms with E-state index < -0.39 is 0 Å². The van der Waals surface area contributed by atoms with Crippen molar-refractivity contribution >= 4 is 12.6 Å². The number of unbranched alkanes of at least 4 members (excludes halogenated alkanes) is 21. The quantitative estimate of drug-likeness (QED) is 0.142. The first kappa shape index (κ1) is 25.4. The van der Waals surface area contributed by atoms with Gasteiger partial charge in [-0.2, -0.15) is 12.6 Å². The molecule has 151 valence electrons. The first-order valence-electron chi connectivity index (χ1n) is 11.9. The summed E-state index contributed by atoms with van der Waals surface area (Å²) in [6.07, 6.45) is 31.8. The summed E-state index contributed by atoms with van der Waals surface area (Å²) in [5.41, 5.74) is 0. The Balaban J connectivity index is 2.94. The zero-order valence-corrected chi connectivity index (χ0v) is 18.5. The Morgan fingerprint density at radius 3 is 0.880 bits per heavy atom. The zero-order chi connectivity index (χ0) is 18.3. The van der Waals surface area contributed by atoms with E-state index in [0.717, 1.165) is 0 Å². The summed E-state index contributed by atoms with van der Waals surface area (Å²) in [6, 6.07) is 0. The Kier molecular flexibility index (Phi) is 24.7. The molecule has 25 heavy (non-hydrogen) atoms. The highest BCUT2D eigenvalue weighted by atomic mass is 32.1. The van der Waals surface area contributed by atoms with Gasteiger partial charge in [-0.15, -0.1) is 0 Å². The molecule has 0 saturated carbocycles. The molecule has 0 aromatic heterocycles. The Bertz CT molecular complexity index is 192. The highest BCUT2D eigenvalue weighted by Gasteiger charge is 1.95. The summed E-state index contributed by atoms with van der Waals surface area (Å²) in [6.45, 7) is 2.30. The van der Waals surface area contributed by atoms with Crippen molar-refractivity contribution in [2.45, 2.75) is 148 Å². The Labute approximate surface area is 166 Å². The maximum Gasteiger partial charge on any atom is 0.0133 e. The van der Waals surface area contributed by atoms with Crippen molar-refractivity contribution in [2.24, 2.45) is 0 Å². The molecule has 0 nitrogen and oxygen atoms in total. The van der Waals surface area contributed by atoms with Gasteiger partial charge >= 0.3 is 0 Å². The van der Waals surface area contributed by atoms with E-state index in [2.05, 4.69) is 19.6 Å². The lowest BCUT2D eigenvalue weighted by Crippen LogP contribution is -1.84. The highest BCUT2D eigenvalue weighted by Crippen LogP contribution is 2.15. The van der Waals surface area contributed by atoms with Crippen molar-refractivity contribution in [2.75, 3.05) is 0 Å². The van der Waals surface area contributed by atoms with Gasteiger partial charge < -0.3 is 0 Å². The third kappa shape index (κ3) is 24.4. The Hall–Kier alpha value is 0.350. The lowest BCUT2D eigenvalue weighted by molar-refractivity contribution is 0.520. The predicted octanol–water partition coefficient (Wildman–Crippen LogP) is 9.68. The fraction of sp³-hybridized carbons (Fsp3) is 0.958. The van der Waals surface area contributed by atoms with Crippen LogP contribution < -0.4 is 0 Å². The fourth-order valence-electron chi connectivity index (χ4n) is 3.67. The minimum Gasteiger partial charge on any atom is -0.175 e. The lowest BCUT2D eigenvalue weighted by atomic mass is 10.0. The average molecular weight is 370 g/mol. The summed E-state index contributed by atoms with van der Waals surface area (Å²) in [5.74, 6) is 2.00. The van der Waals surface area contributed by atoms with E-state index in [1.807, 2.05) is 5.75 Å². The summed E-state index contributed by atoms with van der Waals surface area (Å²) >= 11 is 4.14. The molecule has 0 spiro atoms. The number of thiol groups is 1. The van der Waals surface area contributed by atoms with E-state index in [0.29, 0.717) is 0 Å². The molecule has 0 N–H and O–H groups in total. The second-order valence-electron chi connectivity index (χ2n) is 8.04. The van der Waals surface area contributed by atoms with Crippen LogP contribution >= 0.6 is 12.6 Å². The summed E-state index contributed by atoms with van der Waals surface area (Å²) in [5, 5.41) is 0. The smallest absolute Gasteiger partial charge is 0.0133 e. The first-order valence-corrected chi connectivity index (χ1v) is 12.4. The van der Waals surface area contributed by atoms with Crippen molar-refractivity contribution in [3.8, 4) is 0 Å². The molecular formula is C24H49S. The molecule has 0 amide bonds. The first-order chi connectivity index (χ1) is 12.4. The fourth-order valence-corrected chi connectivity index (χ4v) is 3.85. The largest absolute Gasteiger partial charge is 0.175 e. The van der Waals surface area contributed by atoms with Gasteiger partial charge in [-0.25, -0.2) is 0 Å². The normalized spacial score (nSPS) is 11.3. The molecule has 0 heterocycles. The average Bonchev–Trinajstić information content (AvgIpc) is 2.63. The Morgan fingerprint density at radius 2 is 0.640 bits per heavy atom. The van der Waals surface area contributed by atoms with Crippen molar-refractivity contribution in [3.05, 3.63) is 5.75 Å². The van der Waals surface area contributed by atoms with E-state index in [1.54, 1.807) is 0 Å². The van der Waals surface area contributed by atoms with Gasteiger partial charge in [-0.05, 0) is 6.42 Å². The van der Waals surface area contributed by atoms with Crippen LogP contribution in [0.4, 0.5) is 0 Å². The van der Waals surface area contributed by atoms with E-state index in [1.165, 1.54) is 141 Å². The monoisotopic (exact) mass is 369 g/mol. The molecule has 0 aromatic carbocycles. The molecular weight excluding hydrogens is 320 g/mol. The topological polar surface area (TPSA) is 0 Å². The number of hydrogen-bond acceptors (Lipinski definition) is 1. The van der Waals surface area contributed by atoms with Crippen LogP contribution in [0.5, 0.6) is 0 Å². The number of rotatable bonds is 22. The van der Waals surface area contributed by atoms with Crippen molar-refractivity contribution in [3.63, 3.8) is 0 Å². The van der Waals surface area contributed by atoms with Gasteiger partial charge in [0.25, 0.3) is 0 Å². The molecule has 0 saturated heterocycles. The molecule has 0 unspecified atom stereocenters. The van der Waals surface area contributed by atoms with E-state index in [9.17, 15) is 0 Å². The summed E-state index contributed by atoms with van der Waals surface area (Å²) in [7, 11) is 0. The zero-order valence-electron chi connectivity index (χ0n) is 17.6. The van der Waals surface area contributed by atoms with Crippen LogP contribution in [0.2, 0.25) is 0 Å². The van der Waals surface area contributed by atoms with Gasteiger partial charge in [0.1, 0.15) is 0 Å². The third-order valence-electron chi connectivity index (χ3n) is 5.44. The van der Waals surface area contributed by atoms with E-state index in [-0.39, 0.29) is 0 Å². The highest BCUT2D eigenvalue weighted by molar-refractivity contribution is 7.82. The molecule has 1 radical (unpaired) electrons. The minimum atomic E-state index is 1.18. The maximum absolute atomic E-state index is 4.14. The van der Waals surface area contributed by atoms with Gasteiger partial charge in [-0.3, -0.25) is 0 Å². The van der Waals surface area contributed by atoms with Gasteiger partial charge in [-0.1, -0.05) is 142 Å². The summed E-state index contributed by atoms with van der Waals surface area (Å²) < 4.78 is 0. The molecule has 0 aliphatic carbocycles. The predicted molar refractivity (Wildman–Crippen MR) is 121 cm³/mol. The van der Waals surface area contributed by atoms with Crippen LogP contribution in [0.3, 0.4) is 0 Å². The Morgan fingerprint density at radius 1 is 0.400 bits per heavy atom. The molecule has 0 fully saturated rings. The van der Waals surface area contributed by atoms with Gasteiger partial charge in [0.2, 0.25) is 0 Å². The molecule has 1 heteroatoms. The van der Waals surface area contributed by atoms with Crippen LogP contribution in [-0.4, -0.2) is 0 Å². The van der Waals surface area contributed by atoms with Crippen LogP contribution in [0.25, 0.3) is 0 Å². The molecule has 0 aliphatic rings. The molecule has 0 bridgehead atoms. The van der Waals surface area contributed by atoms with Crippen LogP contribution in [0.1, 0.15) is 148 Å². The number of hydrogen-bond donors (Lipinski definition) is 1. The molecule has 0 atom stereocenters. The second-order valence-corrected chi connectivity index (χ2v) is 8.41. The molecule has 0 rings (SSSR count). The van der Waals surface area contributed by atoms with Gasteiger partial charge in [0.15, 0.2) is 0 Å². The van der Waals surface area contributed by atoms with E-state index in [4.69, 9.17) is 0 Å². The van der Waals surface area contributed by atoms with Crippen LogP contribution in [-0.2, 0) is 0 Å². The minimum absolute atomic E-state index is 1.18. The third-order valence-corrected chi connectivity index (χ3v) is 5.69. The molecule has 0 aliphatic heterocycles. The van der Waals surface area contributed by atoms with E-state index >= 15 is 0 Å². The summed E-state index contributed by atoms with van der Waals surface area (Å²) in [4.78, 5) is 0. The van der Waals surface area contributed by atoms with Gasteiger partial charge in [0, 0.05) is 5.75 Å². The second kappa shape index (κ2) is 24.4. The van der Waals surface area contributed by atoms with Gasteiger partial charge in [0.05, 0.1) is 0 Å². The van der Waals surface area contributed by atoms with Crippen LogP contribution in [0.15, 0.2) is 0 Å². The molecule has 0 aromatic rings. The van der Waals surface area contributed by atoms with Crippen LogP contribution in [0, 0.1) is 5.75 Å².